The van der Waals surface area contributed by atoms with Crippen molar-refractivity contribution in [3.63, 3.8) is 0 Å². The molecule has 0 saturated heterocycles. The average molecular weight is 290 g/mol. The van der Waals surface area contributed by atoms with Crippen LogP contribution >= 0.6 is 11.3 Å². The number of thiazole rings is 1. The predicted octanol–water partition coefficient (Wildman–Crippen LogP) is 3.97. The fourth-order valence-electron chi connectivity index (χ4n) is 2.24. The Kier molecular flexibility index (Phi) is 4.78. The quantitative estimate of drug-likeness (QED) is 0.904. The van der Waals surface area contributed by atoms with Crippen LogP contribution < -0.4 is 10.1 Å². The third-order valence-corrected chi connectivity index (χ3v) is 4.37. The lowest BCUT2D eigenvalue weighted by atomic mass is 10.1. The summed E-state index contributed by atoms with van der Waals surface area (Å²) in [6.45, 7) is 7.32. The van der Waals surface area contributed by atoms with Gasteiger partial charge in [0.15, 0.2) is 0 Å². The average Bonchev–Trinajstić information content (AvgIpc) is 2.83. The van der Waals surface area contributed by atoms with Crippen LogP contribution in [0.3, 0.4) is 0 Å². The van der Waals surface area contributed by atoms with E-state index in [0.29, 0.717) is 5.92 Å². The van der Waals surface area contributed by atoms with Gasteiger partial charge in [0.05, 0.1) is 12.8 Å². The Morgan fingerprint density at radius 2 is 2.10 bits per heavy atom. The van der Waals surface area contributed by atoms with Crippen LogP contribution in [0.4, 0.5) is 0 Å². The van der Waals surface area contributed by atoms with Crippen LogP contribution in [0.25, 0.3) is 10.6 Å². The summed E-state index contributed by atoms with van der Waals surface area (Å²) in [4.78, 5) is 6.16. The number of nitrogens with zero attached hydrogens (tertiary/aromatic N) is 1. The molecule has 0 saturated carbocycles. The molecular weight excluding hydrogens is 268 g/mol. The number of ether oxygens (including phenoxy) is 1. The molecule has 4 heteroatoms. The molecular formula is C16H22N2OS. The van der Waals surface area contributed by atoms with Crippen molar-refractivity contribution >= 4 is 11.3 Å². The number of aromatic nitrogens is 1. The fraction of sp³-hybridized carbons (Fsp3) is 0.438. The van der Waals surface area contributed by atoms with E-state index in [9.17, 15) is 0 Å². The molecule has 0 aliphatic heterocycles. The van der Waals surface area contributed by atoms with Gasteiger partial charge in [-0.05, 0) is 43.7 Å². The number of hydrogen-bond acceptors (Lipinski definition) is 4. The Hall–Kier alpha value is -1.39. The molecule has 0 bridgehead atoms. The Labute approximate surface area is 125 Å². The van der Waals surface area contributed by atoms with Crippen LogP contribution in [0.2, 0.25) is 0 Å². The third-order valence-electron chi connectivity index (χ3n) is 3.25. The van der Waals surface area contributed by atoms with Crippen LogP contribution in [0, 0.1) is 6.92 Å². The topological polar surface area (TPSA) is 34.1 Å². The molecule has 1 aromatic heterocycles. The first-order valence-corrected chi connectivity index (χ1v) is 7.67. The lowest BCUT2D eigenvalue weighted by Crippen LogP contribution is -2.06. The smallest absolute Gasteiger partial charge is 0.123 e. The van der Waals surface area contributed by atoms with Gasteiger partial charge in [-0.2, -0.15) is 0 Å². The highest BCUT2D eigenvalue weighted by Gasteiger charge is 2.15. The van der Waals surface area contributed by atoms with E-state index < -0.39 is 0 Å². The maximum absolute atomic E-state index is 5.31. The minimum atomic E-state index is 0.447. The molecule has 0 amide bonds. The molecule has 0 unspecified atom stereocenters. The molecule has 0 fully saturated rings. The summed E-state index contributed by atoms with van der Waals surface area (Å²) >= 11 is 1.77. The van der Waals surface area contributed by atoms with Gasteiger partial charge >= 0.3 is 0 Å². The minimum absolute atomic E-state index is 0.447. The van der Waals surface area contributed by atoms with Crippen molar-refractivity contribution in [2.75, 3.05) is 14.2 Å². The van der Waals surface area contributed by atoms with E-state index in [2.05, 4.69) is 38.2 Å². The van der Waals surface area contributed by atoms with E-state index in [4.69, 9.17) is 9.72 Å². The van der Waals surface area contributed by atoms with Gasteiger partial charge in [0.25, 0.3) is 0 Å². The molecule has 20 heavy (non-hydrogen) atoms. The second-order valence-electron chi connectivity index (χ2n) is 5.20. The molecule has 1 N–H and O–H groups in total. The first-order chi connectivity index (χ1) is 9.56. The summed E-state index contributed by atoms with van der Waals surface area (Å²) in [7, 11) is 3.67. The monoisotopic (exact) mass is 290 g/mol. The predicted molar refractivity (Wildman–Crippen MR) is 85.7 cm³/mol. The summed E-state index contributed by atoms with van der Waals surface area (Å²) in [5.74, 6) is 1.37. The highest BCUT2D eigenvalue weighted by atomic mass is 32.1. The molecule has 0 aliphatic carbocycles. The Morgan fingerprint density at radius 3 is 2.65 bits per heavy atom. The number of nitrogens with one attached hydrogen (secondary N) is 1. The van der Waals surface area contributed by atoms with E-state index in [0.717, 1.165) is 28.4 Å². The van der Waals surface area contributed by atoms with Crippen molar-refractivity contribution in [2.45, 2.75) is 33.2 Å². The summed E-state index contributed by atoms with van der Waals surface area (Å²) in [6.07, 6.45) is 0. The molecule has 108 valence electrons. The summed E-state index contributed by atoms with van der Waals surface area (Å²) in [5, 5.41) is 4.31. The Balaban J connectivity index is 2.42. The number of benzene rings is 1. The number of aryl methyl sites for hydroxylation is 1. The largest absolute Gasteiger partial charge is 0.496 e. The molecule has 0 radical (unpaired) electrons. The SMILES string of the molecule is CNCc1sc(-c2ccc(OC)c(C)c2)nc1C(C)C. The molecule has 0 atom stereocenters. The lowest BCUT2D eigenvalue weighted by Gasteiger charge is -2.05. The maximum Gasteiger partial charge on any atom is 0.123 e. The van der Waals surface area contributed by atoms with E-state index >= 15 is 0 Å². The zero-order valence-corrected chi connectivity index (χ0v) is 13.6. The summed E-state index contributed by atoms with van der Waals surface area (Å²) < 4.78 is 5.31. The van der Waals surface area contributed by atoms with Crippen molar-refractivity contribution in [1.29, 1.82) is 0 Å². The van der Waals surface area contributed by atoms with E-state index in [-0.39, 0.29) is 0 Å². The Morgan fingerprint density at radius 1 is 1.35 bits per heavy atom. The number of hydrogen-bond donors (Lipinski definition) is 1. The van der Waals surface area contributed by atoms with E-state index in [1.807, 2.05) is 13.1 Å². The van der Waals surface area contributed by atoms with Gasteiger partial charge in [-0.15, -0.1) is 11.3 Å². The molecule has 1 heterocycles. The molecule has 2 rings (SSSR count). The van der Waals surface area contributed by atoms with Crippen molar-refractivity contribution in [3.05, 3.63) is 34.3 Å². The van der Waals surface area contributed by atoms with Gasteiger partial charge in [0, 0.05) is 17.0 Å². The van der Waals surface area contributed by atoms with E-state index in [1.54, 1.807) is 18.4 Å². The second-order valence-corrected chi connectivity index (χ2v) is 6.28. The van der Waals surface area contributed by atoms with Crippen molar-refractivity contribution in [3.8, 4) is 16.3 Å². The van der Waals surface area contributed by atoms with Crippen molar-refractivity contribution in [1.82, 2.24) is 10.3 Å². The first-order valence-electron chi connectivity index (χ1n) is 6.86. The highest BCUT2D eigenvalue weighted by Crippen LogP contribution is 2.33. The van der Waals surface area contributed by atoms with Crippen LogP contribution in [-0.4, -0.2) is 19.1 Å². The normalized spacial score (nSPS) is 11.1. The number of methoxy groups -OCH3 is 1. The minimum Gasteiger partial charge on any atom is -0.496 e. The van der Waals surface area contributed by atoms with Gasteiger partial charge in [-0.1, -0.05) is 13.8 Å². The summed E-state index contributed by atoms with van der Waals surface area (Å²) in [5.41, 5.74) is 3.51. The van der Waals surface area contributed by atoms with Gasteiger partial charge in [-0.25, -0.2) is 4.98 Å². The molecule has 0 aliphatic rings. The zero-order chi connectivity index (χ0) is 14.7. The van der Waals surface area contributed by atoms with Crippen LogP contribution in [-0.2, 0) is 6.54 Å². The van der Waals surface area contributed by atoms with Gasteiger partial charge in [0.1, 0.15) is 10.8 Å². The zero-order valence-electron chi connectivity index (χ0n) is 12.8. The molecule has 1 aromatic carbocycles. The highest BCUT2D eigenvalue weighted by molar-refractivity contribution is 7.15. The lowest BCUT2D eigenvalue weighted by molar-refractivity contribution is 0.412. The third kappa shape index (κ3) is 3.02. The standard InChI is InChI=1S/C16H22N2OS/c1-10(2)15-14(9-17-4)20-16(18-15)12-6-7-13(19-5)11(3)8-12/h6-8,10,17H,9H2,1-5H3. The summed E-state index contributed by atoms with van der Waals surface area (Å²) in [6, 6.07) is 6.24. The molecule has 2 aromatic rings. The molecule has 0 spiro atoms. The van der Waals surface area contributed by atoms with Gasteiger partial charge < -0.3 is 10.1 Å². The number of rotatable bonds is 5. The van der Waals surface area contributed by atoms with Crippen LogP contribution in [0.1, 0.15) is 35.9 Å². The van der Waals surface area contributed by atoms with Crippen molar-refractivity contribution < 1.29 is 4.74 Å². The Bertz CT molecular complexity index is 590. The molecule has 3 nitrogen and oxygen atoms in total. The second kappa shape index (κ2) is 6.37. The van der Waals surface area contributed by atoms with Crippen LogP contribution in [0.15, 0.2) is 18.2 Å². The van der Waals surface area contributed by atoms with Crippen molar-refractivity contribution in [2.24, 2.45) is 0 Å². The van der Waals surface area contributed by atoms with Crippen LogP contribution in [0.5, 0.6) is 5.75 Å². The van der Waals surface area contributed by atoms with Gasteiger partial charge in [-0.3, -0.25) is 0 Å². The van der Waals surface area contributed by atoms with Gasteiger partial charge in [0.2, 0.25) is 0 Å². The fourth-order valence-corrected chi connectivity index (χ4v) is 3.46. The van der Waals surface area contributed by atoms with E-state index in [1.165, 1.54) is 10.6 Å². The first kappa shape index (κ1) is 15.0. The maximum atomic E-state index is 5.31.